The number of thioether (sulfide) groups is 1. The molecule has 0 aliphatic carbocycles. The predicted octanol–water partition coefficient (Wildman–Crippen LogP) is 3.31. The van der Waals surface area contributed by atoms with Gasteiger partial charge >= 0.3 is 0 Å². The summed E-state index contributed by atoms with van der Waals surface area (Å²) in [5.41, 5.74) is 1.72. The van der Waals surface area contributed by atoms with E-state index in [0.29, 0.717) is 5.82 Å². The van der Waals surface area contributed by atoms with E-state index in [0.717, 1.165) is 20.4 Å². The van der Waals surface area contributed by atoms with Gasteiger partial charge in [0.25, 0.3) is 0 Å². The molecule has 0 amide bonds. The average molecular weight is 329 g/mol. The minimum absolute atomic E-state index is 0.0283. The number of aromatic nitrogens is 4. The van der Waals surface area contributed by atoms with Gasteiger partial charge in [-0.2, -0.15) is 5.26 Å². The number of fused-ring (bicyclic) bond motifs is 1. The zero-order valence-electron chi connectivity index (χ0n) is 11.6. The largest absolute Gasteiger partial charge is 0.510 e. The zero-order chi connectivity index (χ0) is 15.5. The smallest absolute Gasteiger partial charge is 0.174 e. The van der Waals surface area contributed by atoms with Crippen LogP contribution < -0.4 is 0 Å². The van der Waals surface area contributed by atoms with E-state index >= 15 is 0 Å². The lowest BCUT2D eigenvalue weighted by molar-refractivity contribution is 0.420. The first kappa shape index (κ1) is 14.6. The zero-order valence-corrected chi connectivity index (χ0v) is 13.2. The van der Waals surface area contributed by atoms with Crippen LogP contribution >= 0.6 is 23.1 Å². The standard InChI is InChI=1S/C14H11N5OS2/c1-8-18-19-14(22-8)21-7-12(20)9(6-15)13-16-10-4-2-3-5-11(10)17-13/h2-5,20H,7H2,1H3,(H,16,17)/b12-9-. The maximum absolute atomic E-state index is 10.2. The van der Waals surface area contributed by atoms with Crippen LogP contribution in [0.4, 0.5) is 0 Å². The number of para-hydroxylation sites is 2. The van der Waals surface area contributed by atoms with E-state index in [2.05, 4.69) is 20.2 Å². The van der Waals surface area contributed by atoms with Crippen molar-refractivity contribution in [2.75, 3.05) is 5.75 Å². The quantitative estimate of drug-likeness (QED) is 0.433. The fraction of sp³-hybridized carbons (Fsp3) is 0.143. The normalized spacial score (nSPS) is 12.2. The number of hydrogen-bond donors (Lipinski definition) is 2. The molecule has 0 saturated heterocycles. The molecule has 0 fully saturated rings. The molecule has 0 saturated carbocycles. The molecule has 1 aromatic carbocycles. The third-order valence-electron chi connectivity index (χ3n) is 2.87. The molecule has 0 spiro atoms. The Hall–Kier alpha value is -2.37. The topological polar surface area (TPSA) is 98.5 Å². The number of nitrogens with one attached hydrogen (secondary N) is 1. The molecular formula is C14H11N5OS2. The third-order valence-corrected chi connectivity index (χ3v) is 4.85. The van der Waals surface area contributed by atoms with Gasteiger partial charge in [0.05, 0.1) is 16.8 Å². The minimum Gasteiger partial charge on any atom is -0.510 e. The Morgan fingerprint density at radius 2 is 2.23 bits per heavy atom. The van der Waals surface area contributed by atoms with Gasteiger partial charge in [-0.15, -0.1) is 10.2 Å². The first-order valence-electron chi connectivity index (χ1n) is 6.37. The highest BCUT2D eigenvalue weighted by atomic mass is 32.2. The summed E-state index contributed by atoms with van der Waals surface area (Å²) in [6.07, 6.45) is 0. The number of allylic oxidation sites excluding steroid dienone is 1. The monoisotopic (exact) mass is 329 g/mol. The number of aromatic amines is 1. The molecule has 0 aliphatic rings. The molecule has 0 unspecified atom stereocenters. The van der Waals surface area contributed by atoms with Crippen LogP contribution in [0.3, 0.4) is 0 Å². The van der Waals surface area contributed by atoms with Crippen LogP contribution in [0.25, 0.3) is 16.6 Å². The lowest BCUT2D eigenvalue weighted by atomic mass is 10.2. The Labute approximate surface area is 134 Å². The molecule has 6 nitrogen and oxygen atoms in total. The number of aliphatic hydroxyl groups excluding tert-OH is 1. The van der Waals surface area contributed by atoms with Gasteiger partial charge in [-0.3, -0.25) is 0 Å². The van der Waals surface area contributed by atoms with Gasteiger partial charge in [0.1, 0.15) is 22.4 Å². The van der Waals surface area contributed by atoms with Gasteiger partial charge in [0.2, 0.25) is 0 Å². The third kappa shape index (κ3) is 2.95. The summed E-state index contributed by atoms with van der Waals surface area (Å²) in [5, 5.41) is 28.3. The molecular weight excluding hydrogens is 318 g/mol. The average Bonchev–Trinajstić information content (AvgIpc) is 3.11. The van der Waals surface area contributed by atoms with E-state index in [-0.39, 0.29) is 17.1 Å². The Kier molecular flexibility index (Phi) is 4.09. The number of rotatable bonds is 4. The molecule has 0 atom stereocenters. The predicted molar refractivity (Wildman–Crippen MR) is 86.6 cm³/mol. The highest BCUT2D eigenvalue weighted by Crippen LogP contribution is 2.26. The number of aryl methyl sites for hydroxylation is 1. The van der Waals surface area contributed by atoms with Crippen molar-refractivity contribution in [2.45, 2.75) is 11.3 Å². The van der Waals surface area contributed by atoms with Crippen molar-refractivity contribution in [3.63, 3.8) is 0 Å². The highest BCUT2D eigenvalue weighted by Gasteiger charge is 2.14. The maximum atomic E-state index is 10.2. The number of hydrogen-bond acceptors (Lipinski definition) is 7. The van der Waals surface area contributed by atoms with Crippen LogP contribution in [-0.4, -0.2) is 31.0 Å². The second-order valence-corrected chi connectivity index (χ2v) is 6.82. The summed E-state index contributed by atoms with van der Waals surface area (Å²) in [7, 11) is 0. The number of nitriles is 1. The van der Waals surface area contributed by atoms with Crippen molar-refractivity contribution in [2.24, 2.45) is 0 Å². The van der Waals surface area contributed by atoms with Crippen molar-refractivity contribution in [1.82, 2.24) is 20.2 Å². The van der Waals surface area contributed by atoms with Crippen molar-refractivity contribution in [3.05, 3.63) is 40.9 Å². The van der Waals surface area contributed by atoms with E-state index < -0.39 is 0 Å². The molecule has 2 heterocycles. The van der Waals surface area contributed by atoms with Gasteiger partial charge in [-0.05, 0) is 19.1 Å². The number of nitrogens with zero attached hydrogens (tertiary/aromatic N) is 4. The Morgan fingerprint density at radius 3 is 2.91 bits per heavy atom. The van der Waals surface area contributed by atoms with E-state index in [1.54, 1.807) is 0 Å². The van der Waals surface area contributed by atoms with Crippen LogP contribution in [0.2, 0.25) is 0 Å². The molecule has 3 rings (SSSR count). The van der Waals surface area contributed by atoms with E-state index in [1.807, 2.05) is 37.3 Å². The first-order chi connectivity index (χ1) is 10.7. The lowest BCUT2D eigenvalue weighted by Crippen LogP contribution is -1.95. The maximum Gasteiger partial charge on any atom is 0.174 e. The van der Waals surface area contributed by atoms with E-state index in [1.165, 1.54) is 23.1 Å². The fourth-order valence-corrected chi connectivity index (χ4v) is 3.56. The van der Waals surface area contributed by atoms with E-state index in [4.69, 9.17) is 0 Å². The Balaban J connectivity index is 1.86. The summed E-state index contributed by atoms with van der Waals surface area (Å²) in [4.78, 5) is 7.38. The molecule has 22 heavy (non-hydrogen) atoms. The summed E-state index contributed by atoms with van der Waals surface area (Å²) in [5.74, 6) is 0.587. The summed E-state index contributed by atoms with van der Waals surface area (Å²) in [6.45, 7) is 1.87. The molecule has 0 bridgehead atoms. The van der Waals surface area contributed by atoms with Gasteiger partial charge in [-0.1, -0.05) is 35.2 Å². The summed E-state index contributed by atoms with van der Waals surface area (Å²) < 4.78 is 0.756. The van der Waals surface area contributed by atoms with Crippen LogP contribution in [0.15, 0.2) is 34.4 Å². The summed E-state index contributed by atoms with van der Waals surface area (Å²) in [6, 6.07) is 9.48. The lowest BCUT2D eigenvalue weighted by Gasteiger charge is -2.00. The number of aliphatic hydroxyl groups is 1. The Morgan fingerprint density at radius 1 is 1.41 bits per heavy atom. The second-order valence-electron chi connectivity index (χ2n) is 4.41. The van der Waals surface area contributed by atoms with Crippen LogP contribution in [0.1, 0.15) is 10.8 Å². The van der Waals surface area contributed by atoms with Crippen molar-refractivity contribution in [1.29, 1.82) is 5.26 Å². The molecule has 2 aromatic heterocycles. The van der Waals surface area contributed by atoms with Gasteiger partial charge in [0, 0.05) is 0 Å². The SMILES string of the molecule is Cc1nnc(SC/C(O)=C(\C#N)c2nc3ccccc3[nH]2)s1. The number of benzene rings is 1. The van der Waals surface area contributed by atoms with Gasteiger partial charge < -0.3 is 10.1 Å². The van der Waals surface area contributed by atoms with Crippen LogP contribution in [0.5, 0.6) is 0 Å². The first-order valence-corrected chi connectivity index (χ1v) is 8.18. The molecule has 2 N–H and O–H groups in total. The molecule has 0 aliphatic heterocycles. The molecule has 8 heteroatoms. The summed E-state index contributed by atoms with van der Waals surface area (Å²) >= 11 is 2.79. The van der Waals surface area contributed by atoms with Crippen molar-refractivity contribution in [3.8, 4) is 6.07 Å². The van der Waals surface area contributed by atoms with Gasteiger partial charge in [0.15, 0.2) is 10.2 Å². The highest BCUT2D eigenvalue weighted by molar-refractivity contribution is 8.01. The van der Waals surface area contributed by atoms with E-state index in [9.17, 15) is 10.4 Å². The number of imidazole rings is 1. The molecule has 0 radical (unpaired) electrons. The minimum atomic E-state index is -0.0283. The van der Waals surface area contributed by atoms with Gasteiger partial charge in [-0.25, -0.2) is 4.98 Å². The molecule has 3 aromatic rings. The molecule has 110 valence electrons. The van der Waals surface area contributed by atoms with Crippen LogP contribution in [-0.2, 0) is 0 Å². The number of H-pyrrole nitrogens is 1. The Bertz CT molecular complexity index is 857. The van der Waals surface area contributed by atoms with Crippen molar-refractivity contribution < 1.29 is 5.11 Å². The van der Waals surface area contributed by atoms with Crippen molar-refractivity contribution >= 4 is 39.7 Å². The second kappa shape index (κ2) is 6.17. The van der Waals surface area contributed by atoms with Crippen LogP contribution in [0, 0.1) is 18.3 Å². The fourth-order valence-electron chi connectivity index (χ4n) is 1.86.